The van der Waals surface area contributed by atoms with Gasteiger partial charge in [-0.25, -0.2) is 9.78 Å². The third-order valence-corrected chi connectivity index (χ3v) is 4.75. The Morgan fingerprint density at radius 2 is 1.93 bits per heavy atom. The highest BCUT2D eigenvalue weighted by Crippen LogP contribution is 2.24. The Balaban J connectivity index is 1.77. The van der Waals surface area contributed by atoms with E-state index >= 15 is 0 Å². The van der Waals surface area contributed by atoms with Crippen molar-refractivity contribution >= 4 is 34.3 Å². The molecule has 0 atom stereocenters. The first-order chi connectivity index (χ1) is 13.8. The second-order valence-electron chi connectivity index (χ2n) is 6.57. The number of ether oxygens (including phenoxy) is 3. The van der Waals surface area contributed by atoms with E-state index in [0.29, 0.717) is 22.5 Å². The van der Waals surface area contributed by atoms with Crippen LogP contribution in [0.2, 0.25) is 0 Å². The molecule has 1 heterocycles. The molecule has 0 spiro atoms. The van der Waals surface area contributed by atoms with E-state index in [-0.39, 0.29) is 13.0 Å². The second kappa shape index (κ2) is 10.6. The highest BCUT2D eigenvalue weighted by molar-refractivity contribution is 7.13. The van der Waals surface area contributed by atoms with Crippen molar-refractivity contribution in [2.75, 3.05) is 25.6 Å². The van der Waals surface area contributed by atoms with Gasteiger partial charge in [-0.1, -0.05) is 26.0 Å². The van der Waals surface area contributed by atoms with Crippen LogP contribution in [0, 0.1) is 6.92 Å². The molecule has 1 N–H and O–H groups in total. The molecule has 2 rings (SSSR count). The molecule has 8 nitrogen and oxygen atoms in total. The number of rotatable bonds is 9. The smallest absolute Gasteiger partial charge is 0.344 e. The van der Waals surface area contributed by atoms with Crippen LogP contribution in [-0.2, 0) is 30.3 Å². The molecule has 0 aliphatic carbocycles. The lowest BCUT2D eigenvalue weighted by Crippen LogP contribution is -2.23. The van der Waals surface area contributed by atoms with Crippen molar-refractivity contribution in [3.8, 4) is 5.75 Å². The van der Waals surface area contributed by atoms with Crippen LogP contribution in [-0.4, -0.2) is 43.2 Å². The zero-order valence-corrected chi connectivity index (χ0v) is 17.6. The van der Waals surface area contributed by atoms with Gasteiger partial charge in [0.1, 0.15) is 5.75 Å². The Morgan fingerprint density at radius 3 is 2.62 bits per heavy atom. The fourth-order valence-corrected chi connectivity index (χ4v) is 3.00. The van der Waals surface area contributed by atoms with Crippen molar-refractivity contribution in [3.63, 3.8) is 0 Å². The minimum atomic E-state index is -0.653. The minimum Gasteiger partial charge on any atom is -0.482 e. The van der Waals surface area contributed by atoms with Gasteiger partial charge in [0.25, 0.3) is 5.91 Å². The van der Waals surface area contributed by atoms with Gasteiger partial charge >= 0.3 is 11.9 Å². The number of anilines is 1. The number of carbonyl (C=O) groups is 3. The fraction of sp³-hybridized carbons (Fsp3) is 0.400. The molecule has 1 amide bonds. The second-order valence-corrected chi connectivity index (χ2v) is 7.43. The van der Waals surface area contributed by atoms with Crippen molar-refractivity contribution in [1.82, 2.24) is 4.98 Å². The number of nitrogens with zero attached hydrogens (tertiary/aromatic N) is 1. The summed E-state index contributed by atoms with van der Waals surface area (Å²) in [6.07, 6.45) is 0.0205. The number of benzene rings is 1. The van der Waals surface area contributed by atoms with Crippen molar-refractivity contribution in [3.05, 3.63) is 40.4 Å². The SMILES string of the molecule is COC(=O)Cc1csc(NC(=O)COC(=O)COc2cc(C(C)C)ccc2C)n1. The first kappa shape index (κ1) is 22.4. The van der Waals surface area contributed by atoms with E-state index in [9.17, 15) is 14.4 Å². The van der Waals surface area contributed by atoms with Gasteiger partial charge in [0, 0.05) is 5.38 Å². The lowest BCUT2D eigenvalue weighted by atomic mass is 10.0. The maximum absolute atomic E-state index is 11.9. The summed E-state index contributed by atoms with van der Waals surface area (Å²) < 4.78 is 15.0. The molecule has 0 radical (unpaired) electrons. The van der Waals surface area contributed by atoms with Gasteiger partial charge < -0.3 is 14.2 Å². The van der Waals surface area contributed by atoms with E-state index in [1.165, 1.54) is 7.11 Å². The molecule has 2 aromatic rings. The van der Waals surface area contributed by atoms with Crippen molar-refractivity contribution in [2.24, 2.45) is 0 Å². The van der Waals surface area contributed by atoms with Crippen LogP contribution < -0.4 is 10.1 Å². The van der Waals surface area contributed by atoms with Gasteiger partial charge in [0.05, 0.1) is 19.2 Å². The van der Waals surface area contributed by atoms with Crippen LogP contribution in [0.25, 0.3) is 0 Å². The average molecular weight is 420 g/mol. The Kier molecular flexibility index (Phi) is 8.14. The topological polar surface area (TPSA) is 104 Å². The number of thiazole rings is 1. The number of aryl methyl sites for hydroxylation is 1. The number of hydrogen-bond acceptors (Lipinski definition) is 8. The van der Waals surface area contributed by atoms with E-state index in [0.717, 1.165) is 22.5 Å². The third-order valence-electron chi connectivity index (χ3n) is 3.94. The summed E-state index contributed by atoms with van der Waals surface area (Å²) in [6, 6.07) is 5.85. The lowest BCUT2D eigenvalue weighted by Gasteiger charge is -2.12. The molecule has 0 unspecified atom stereocenters. The molecule has 0 saturated carbocycles. The van der Waals surface area contributed by atoms with E-state index in [1.54, 1.807) is 5.38 Å². The standard InChI is InChI=1S/C20H24N2O6S/c1-12(2)14-6-5-13(3)16(7-14)27-10-19(25)28-9-17(23)22-20-21-15(11-29-20)8-18(24)26-4/h5-7,11-12H,8-10H2,1-4H3,(H,21,22,23). The Hall–Kier alpha value is -2.94. The molecule has 0 aliphatic rings. The van der Waals surface area contributed by atoms with Crippen LogP contribution in [0.4, 0.5) is 5.13 Å². The third kappa shape index (κ3) is 7.19. The monoisotopic (exact) mass is 420 g/mol. The fourth-order valence-electron chi connectivity index (χ4n) is 2.28. The largest absolute Gasteiger partial charge is 0.482 e. The lowest BCUT2D eigenvalue weighted by molar-refractivity contribution is -0.149. The van der Waals surface area contributed by atoms with E-state index < -0.39 is 24.5 Å². The zero-order valence-electron chi connectivity index (χ0n) is 16.8. The Morgan fingerprint density at radius 1 is 1.17 bits per heavy atom. The summed E-state index contributed by atoms with van der Waals surface area (Å²) in [6.45, 7) is 5.28. The maximum atomic E-state index is 11.9. The summed E-state index contributed by atoms with van der Waals surface area (Å²) in [5, 5.41) is 4.46. The number of esters is 2. The molecular formula is C20H24N2O6S. The number of aromatic nitrogens is 1. The van der Waals surface area contributed by atoms with Gasteiger partial charge in [-0.3, -0.25) is 14.9 Å². The molecule has 1 aromatic heterocycles. The molecule has 0 fully saturated rings. The first-order valence-electron chi connectivity index (χ1n) is 8.98. The van der Waals surface area contributed by atoms with Crippen molar-refractivity contribution in [1.29, 1.82) is 0 Å². The summed E-state index contributed by atoms with van der Waals surface area (Å²) in [4.78, 5) is 39.1. The van der Waals surface area contributed by atoms with Gasteiger partial charge in [0.15, 0.2) is 18.3 Å². The highest BCUT2D eigenvalue weighted by atomic mass is 32.1. The molecule has 0 aliphatic heterocycles. The molecule has 156 valence electrons. The summed E-state index contributed by atoms with van der Waals surface area (Å²) in [5.74, 6) is -0.655. The predicted octanol–water partition coefficient (Wildman–Crippen LogP) is 2.85. The van der Waals surface area contributed by atoms with Crippen molar-refractivity contribution in [2.45, 2.75) is 33.1 Å². The van der Waals surface area contributed by atoms with Gasteiger partial charge in [0.2, 0.25) is 0 Å². The number of carbonyl (C=O) groups excluding carboxylic acids is 3. The quantitative estimate of drug-likeness (QED) is 0.622. The summed E-state index contributed by atoms with van der Waals surface area (Å²) in [5.41, 5.74) is 2.50. The van der Waals surface area contributed by atoms with E-state index in [4.69, 9.17) is 9.47 Å². The number of hydrogen-bond donors (Lipinski definition) is 1. The van der Waals surface area contributed by atoms with E-state index in [1.807, 2.05) is 25.1 Å². The maximum Gasteiger partial charge on any atom is 0.344 e. The van der Waals surface area contributed by atoms with Crippen molar-refractivity contribution < 1.29 is 28.6 Å². The number of amides is 1. The summed E-state index contributed by atoms with van der Waals surface area (Å²) >= 11 is 1.16. The summed E-state index contributed by atoms with van der Waals surface area (Å²) in [7, 11) is 1.29. The van der Waals surface area contributed by atoms with Gasteiger partial charge in [-0.05, 0) is 30.0 Å². The first-order valence-corrected chi connectivity index (χ1v) is 9.86. The molecule has 29 heavy (non-hydrogen) atoms. The number of methoxy groups -OCH3 is 1. The van der Waals surface area contributed by atoms with Crippen LogP contribution in [0.5, 0.6) is 5.75 Å². The van der Waals surface area contributed by atoms with Gasteiger partial charge in [-0.15, -0.1) is 11.3 Å². The number of nitrogens with one attached hydrogen (secondary N) is 1. The minimum absolute atomic E-state index is 0.0205. The molecule has 1 aromatic carbocycles. The molecule has 9 heteroatoms. The Labute approximate surface area is 173 Å². The van der Waals surface area contributed by atoms with Crippen LogP contribution in [0.1, 0.15) is 36.6 Å². The average Bonchev–Trinajstić information content (AvgIpc) is 3.11. The molecular weight excluding hydrogens is 396 g/mol. The van der Waals surface area contributed by atoms with Crippen LogP contribution >= 0.6 is 11.3 Å². The molecule has 0 bridgehead atoms. The van der Waals surface area contributed by atoms with Gasteiger partial charge in [-0.2, -0.15) is 0 Å². The van der Waals surface area contributed by atoms with Crippen LogP contribution in [0.3, 0.4) is 0 Å². The van der Waals surface area contributed by atoms with E-state index in [2.05, 4.69) is 28.9 Å². The normalized spacial score (nSPS) is 10.5. The predicted molar refractivity (Wildman–Crippen MR) is 108 cm³/mol. The highest BCUT2D eigenvalue weighted by Gasteiger charge is 2.13. The zero-order chi connectivity index (χ0) is 21.4. The Bertz CT molecular complexity index is 878. The molecule has 0 saturated heterocycles. The van der Waals surface area contributed by atoms with Crippen LogP contribution in [0.15, 0.2) is 23.6 Å².